The van der Waals surface area contributed by atoms with Gasteiger partial charge in [-0.3, -0.25) is 0 Å². The van der Waals surface area contributed by atoms with Gasteiger partial charge in [0.15, 0.2) is 0 Å². The third-order valence-corrected chi connectivity index (χ3v) is 3.61. The van der Waals surface area contributed by atoms with E-state index < -0.39 is 6.10 Å². The summed E-state index contributed by atoms with van der Waals surface area (Å²) in [4.78, 5) is 0. The van der Waals surface area contributed by atoms with Crippen LogP contribution in [0.15, 0.2) is 36.4 Å². The molecule has 0 aliphatic heterocycles. The SMILES string of the molecule is Cc1cccc(C)c1C([O])c1c(C)cccc1C. The highest BCUT2D eigenvalue weighted by Crippen LogP contribution is 2.32. The first kappa shape index (κ1) is 12.8. The summed E-state index contributed by atoms with van der Waals surface area (Å²) in [5.41, 5.74) is 6.18. The fourth-order valence-corrected chi connectivity index (χ4v) is 2.63. The van der Waals surface area contributed by atoms with Gasteiger partial charge in [0.25, 0.3) is 0 Å². The maximum absolute atomic E-state index is 12.8. The molecule has 0 aliphatic rings. The van der Waals surface area contributed by atoms with E-state index in [0.29, 0.717) is 0 Å². The minimum atomic E-state index is -0.785. The Hall–Kier alpha value is -1.60. The van der Waals surface area contributed by atoms with Gasteiger partial charge in [-0.2, -0.15) is 0 Å². The fraction of sp³-hybridized carbons (Fsp3) is 0.294. The molecule has 18 heavy (non-hydrogen) atoms. The smallest absolute Gasteiger partial charge is 0.144 e. The molecule has 0 saturated heterocycles. The molecule has 0 atom stereocenters. The summed E-state index contributed by atoms with van der Waals surface area (Å²) in [7, 11) is 0. The van der Waals surface area contributed by atoms with Crippen molar-refractivity contribution < 1.29 is 5.11 Å². The van der Waals surface area contributed by atoms with Crippen LogP contribution in [0.1, 0.15) is 39.5 Å². The molecule has 0 aliphatic carbocycles. The number of hydrogen-bond acceptors (Lipinski definition) is 0. The van der Waals surface area contributed by atoms with Crippen LogP contribution in [0, 0.1) is 27.7 Å². The van der Waals surface area contributed by atoms with Crippen molar-refractivity contribution in [1.29, 1.82) is 0 Å². The number of hydrogen-bond donors (Lipinski definition) is 0. The predicted octanol–water partition coefficient (Wildman–Crippen LogP) is 4.44. The topological polar surface area (TPSA) is 19.9 Å². The standard InChI is InChI=1S/C17H19O/c1-11-7-5-8-12(2)15(11)17(18)16-13(3)9-6-10-14(16)4/h5-10,17H,1-4H3. The largest absolute Gasteiger partial charge is 0.223 e. The minimum absolute atomic E-state index is 0.785. The summed E-state index contributed by atoms with van der Waals surface area (Å²) in [6, 6.07) is 12.1. The highest BCUT2D eigenvalue weighted by molar-refractivity contribution is 5.45. The van der Waals surface area contributed by atoms with Crippen LogP contribution in [0.3, 0.4) is 0 Å². The molecule has 1 radical (unpaired) electrons. The number of rotatable bonds is 2. The molecule has 2 rings (SSSR count). The Kier molecular flexibility index (Phi) is 3.53. The molecule has 93 valence electrons. The van der Waals surface area contributed by atoms with Crippen molar-refractivity contribution in [2.45, 2.75) is 33.8 Å². The Morgan fingerprint density at radius 2 is 0.944 bits per heavy atom. The van der Waals surface area contributed by atoms with Crippen LogP contribution in [0.5, 0.6) is 0 Å². The maximum atomic E-state index is 12.8. The lowest BCUT2D eigenvalue weighted by atomic mass is 9.89. The molecule has 0 amide bonds. The average molecular weight is 239 g/mol. The minimum Gasteiger partial charge on any atom is -0.223 e. The molecule has 0 fully saturated rings. The second kappa shape index (κ2) is 4.95. The molecule has 1 heteroatoms. The predicted molar refractivity (Wildman–Crippen MR) is 74.4 cm³/mol. The highest BCUT2D eigenvalue weighted by Gasteiger charge is 2.20. The van der Waals surface area contributed by atoms with Crippen LogP contribution in [-0.4, -0.2) is 0 Å². The van der Waals surface area contributed by atoms with Crippen molar-refractivity contribution in [2.75, 3.05) is 0 Å². The van der Waals surface area contributed by atoms with Crippen molar-refractivity contribution in [1.82, 2.24) is 0 Å². The number of benzene rings is 2. The van der Waals surface area contributed by atoms with Crippen LogP contribution in [0.2, 0.25) is 0 Å². The lowest BCUT2D eigenvalue weighted by molar-refractivity contribution is 0.122. The van der Waals surface area contributed by atoms with E-state index in [2.05, 4.69) is 0 Å². The van der Waals surface area contributed by atoms with Crippen molar-refractivity contribution >= 4 is 0 Å². The van der Waals surface area contributed by atoms with Gasteiger partial charge in [0.05, 0.1) is 0 Å². The monoisotopic (exact) mass is 239 g/mol. The molecule has 0 aromatic heterocycles. The van der Waals surface area contributed by atoms with Crippen molar-refractivity contribution in [3.63, 3.8) is 0 Å². The van der Waals surface area contributed by atoms with E-state index in [1.165, 1.54) is 0 Å². The lowest BCUT2D eigenvalue weighted by Crippen LogP contribution is -2.06. The van der Waals surface area contributed by atoms with E-state index in [1.807, 2.05) is 64.1 Å². The summed E-state index contributed by atoms with van der Waals surface area (Å²) in [6.07, 6.45) is -0.785. The zero-order chi connectivity index (χ0) is 13.3. The van der Waals surface area contributed by atoms with Crippen LogP contribution < -0.4 is 0 Å². The average Bonchev–Trinajstić information content (AvgIpc) is 2.28. The Bertz CT molecular complexity index is 478. The molecule has 0 saturated carbocycles. The summed E-state index contributed by atoms with van der Waals surface area (Å²) in [6.45, 7) is 8.06. The molecule has 2 aromatic carbocycles. The van der Waals surface area contributed by atoms with Crippen molar-refractivity contribution in [2.24, 2.45) is 0 Å². The van der Waals surface area contributed by atoms with Crippen LogP contribution >= 0.6 is 0 Å². The normalized spacial score (nSPS) is 11.0. The summed E-state index contributed by atoms with van der Waals surface area (Å²) in [5, 5.41) is 12.8. The lowest BCUT2D eigenvalue weighted by Gasteiger charge is -2.18. The first-order chi connectivity index (χ1) is 8.52. The van der Waals surface area contributed by atoms with Crippen LogP contribution in [0.4, 0.5) is 0 Å². The van der Waals surface area contributed by atoms with E-state index in [9.17, 15) is 5.11 Å². The van der Waals surface area contributed by atoms with Gasteiger partial charge in [-0.1, -0.05) is 36.4 Å². The number of aryl methyl sites for hydroxylation is 4. The van der Waals surface area contributed by atoms with Crippen LogP contribution in [0.25, 0.3) is 0 Å². The second-order valence-corrected chi connectivity index (χ2v) is 4.99. The Balaban J connectivity index is 2.58. The zero-order valence-corrected chi connectivity index (χ0v) is 11.4. The molecular weight excluding hydrogens is 220 g/mol. The third-order valence-electron chi connectivity index (χ3n) is 3.61. The second-order valence-electron chi connectivity index (χ2n) is 4.99. The Morgan fingerprint density at radius 3 is 1.22 bits per heavy atom. The molecular formula is C17H19O. The third kappa shape index (κ3) is 2.19. The zero-order valence-electron chi connectivity index (χ0n) is 11.4. The Labute approximate surface area is 109 Å². The van der Waals surface area contributed by atoms with Crippen LogP contribution in [-0.2, 0) is 5.11 Å². The van der Waals surface area contributed by atoms with Crippen molar-refractivity contribution in [3.8, 4) is 0 Å². The van der Waals surface area contributed by atoms with E-state index >= 15 is 0 Å². The van der Waals surface area contributed by atoms with Gasteiger partial charge in [-0.15, -0.1) is 0 Å². The van der Waals surface area contributed by atoms with E-state index in [-0.39, 0.29) is 0 Å². The molecule has 1 nitrogen and oxygen atoms in total. The molecule has 0 bridgehead atoms. The first-order valence-electron chi connectivity index (χ1n) is 6.30. The maximum Gasteiger partial charge on any atom is 0.144 e. The van der Waals surface area contributed by atoms with Gasteiger partial charge in [0.2, 0.25) is 0 Å². The molecule has 0 N–H and O–H groups in total. The van der Waals surface area contributed by atoms with Gasteiger partial charge in [0, 0.05) is 0 Å². The van der Waals surface area contributed by atoms with E-state index in [0.717, 1.165) is 33.4 Å². The van der Waals surface area contributed by atoms with Gasteiger partial charge in [-0.25, -0.2) is 5.11 Å². The summed E-state index contributed by atoms with van der Waals surface area (Å²) < 4.78 is 0. The molecule has 0 unspecified atom stereocenters. The quantitative estimate of drug-likeness (QED) is 0.738. The van der Waals surface area contributed by atoms with Gasteiger partial charge >= 0.3 is 0 Å². The first-order valence-corrected chi connectivity index (χ1v) is 6.30. The van der Waals surface area contributed by atoms with E-state index in [4.69, 9.17) is 0 Å². The fourth-order valence-electron chi connectivity index (χ4n) is 2.63. The Morgan fingerprint density at radius 1 is 0.667 bits per heavy atom. The highest BCUT2D eigenvalue weighted by atomic mass is 16.3. The summed E-state index contributed by atoms with van der Waals surface area (Å²) >= 11 is 0. The van der Waals surface area contributed by atoms with E-state index in [1.54, 1.807) is 0 Å². The van der Waals surface area contributed by atoms with Gasteiger partial charge in [-0.05, 0) is 61.1 Å². The van der Waals surface area contributed by atoms with Gasteiger partial charge in [0.1, 0.15) is 6.10 Å². The van der Waals surface area contributed by atoms with Gasteiger partial charge < -0.3 is 0 Å². The molecule has 0 spiro atoms. The molecule has 0 heterocycles. The van der Waals surface area contributed by atoms with Crippen molar-refractivity contribution in [3.05, 3.63) is 69.8 Å². The molecule has 2 aromatic rings. The summed E-state index contributed by atoms with van der Waals surface area (Å²) in [5.74, 6) is 0.